The van der Waals surface area contributed by atoms with Gasteiger partial charge in [-0.3, -0.25) is 15.0 Å². The molecule has 0 aromatic heterocycles. The summed E-state index contributed by atoms with van der Waals surface area (Å²) in [6, 6.07) is 0.0387. The third-order valence-electron chi connectivity index (χ3n) is 10.2. The Balaban J connectivity index is 1.73. The maximum absolute atomic E-state index is 6.34. The highest BCUT2D eigenvalue weighted by atomic mass is 16.1. The molecule has 49 heavy (non-hydrogen) atoms. The fraction of sp³-hybridized carbons (Fsp3) is 0.425. The lowest BCUT2D eigenvalue weighted by Gasteiger charge is -2.30. The Morgan fingerprint density at radius 2 is 1.18 bits per heavy atom. The second-order valence-corrected chi connectivity index (χ2v) is 13.7. The average molecular weight is 661 g/mol. The van der Waals surface area contributed by atoms with Crippen LogP contribution in [0.1, 0.15) is 61.3 Å². The van der Waals surface area contributed by atoms with Crippen LogP contribution in [0.2, 0.25) is 0 Å². The van der Waals surface area contributed by atoms with Gasteiger partial charge in [0.25, 0.3) is 0 Å². The van der Waals surface area contributed by atoms with Crippen LogP contribution in [0.15, 0.2) is 133 Å². The van der Waals surface area contributed by atoms with Gasteiger partial charge in [-0.2, -0.15) is 0 Å². The van der Waals surface area contributed by atoms with Gasteiger partial charge in [0.1, 0.15) is 0 Å². The molecular weight excluding hydrogens is 607 g/mol. The number of nitrogens with two attached hydrogens (primary N) is 2. The van der Waals surface area contributed by atoms with Crippen molar-refractivity contribution in [1.82, 2.24) is 5.43 Å². The van der Waals surface area contributed by atoms with Crippen molar-refractivity contribution in [3.05, 3.63) is 108 Å². The fourth-order valence-corrected chi connectivity index (χ4v) is 7.48. The van der Waals surface area contributed by atoms with E-state index in [2.05, 4.69) is 133 Å². The van der Waals surface area contributed by atoms with Gasteiger partial charge in [0.2, 0.25) is 0 Å². The van der Waals surface area contributed by atoms with E-state index in [4.69, 9.17) is 36.8 Å². The molecule has 1 heterocycles. The highest BCUT2D eigenvalue weighted by molar-refractivity contribution is 6.05. The average Bonchev–Trinajstić information content (AvgIpc) is 3.10. The van der Waals surface area contributed by atoms with Gasteiger partial charge < -0.3 is 0 Å². The molecule has 0 aromatic carbocycles. The number of nitrogens with zero attached hydrogens (tertiary/aromatic N) is 6. The van der Waals surface area contributed by atoms with Crippen molar-refractivity contribution < 1.29 is 4.92 Å². The lowest BCUT2D eigenvalue weighted by atomic mass is 9.79. The number of amidine groups is 1. The zero-order valence-electron chi connectivity index (χ0n) is 30.4. The standard InChI is InChI=1S/C40H54N9/c1-25-32-17-9-10-18-33(32)27(3)45-29(5)36-21-13-14-22-37(36)31(7)47-40(48-49(41,42)43-8)39-24-16-15-23-38(39)30(6)46-28(4)35-20-12-11-19-34(35)26(2)44-25/h9-11,13-19,21-24,27,32-33,36-39,43H,12,20,41-42H2,1-8H3/q+1/b34-26-,35-28+,44-25?,45-29?,46-30?,47-31?,48-40-. The van der Waals surface area contributed by atoms with Gasteiger partial charge >= 0.3 is 0 Å². The van der Waals surface area contributed by atoms with Gasteiger partial charge in [-0.15, -0.1) is 17.1 Å². The third kappa shape index (κ3) is 8.36. The number of rotatable bonds is 2. The first-order valence-electron chi connectivity index (χ1n) is 17.5. The van der Waals surface area contributed by atoms with E-state index in [1.165, 1.54) is 5.57 Å². The highest BCUT2D eigenvalue weighted by Crippen LogP contribution is 2.34. The van der Waals surface area contributed by atoms with Gasteiger partial charge in [0.05, 0.1) is 12.0 Å². The SMILES string of the molecule is CN[N+](N)(N)/N=C1\N=C(C)C2C=CC=CC2C(C)=NC(C)C2C=CC=CC2C(C)=N/C(C)=C2/C=CCC/C2=C(/C)N=C(C)C2C=CC=CC12. The van der Waals surface area contributed by atoms with Crippen LogP contribution in [-0.2, 0) is 0 Å². The molecule has 0 bridgehead atoms. The van der Waals surface area contributed by atoms with Gasteiger partial charge in [0.15, 0.2) is 5.84 Å². The Kier molecular flexibility index (Phi) is 11.5. The van der Waals surface area contributed by atoms with E-state index in [9.17, 15) is 0 Å². The topological polar surface area (TPSA) is 126 Å². The molecule has 9 nitrogen and oxygen atoms in total. The summed E-state index contributed by atoms with van der Waals surface area (Å²) in [6.45, 7) is 14.9. The van der Waals surface area contributed by atoms with Gasteiger partial charge in [-0.25, -0.2) is 4.99 Å². The molecule has 1 aliphatic heterocycles. The summed E-state index contributed by atoms with van der Waals surface area (Å²) in [6.07, 6.45) is 32.1. The molecule has 9 heteroatoms. The van der Waals surface area contributed by atoms with E-state index in [0.29, 0.717) is 5.84 Å². The minimum atomic E-state index is -0.752. The van der Waals surface area contributed by atoms with Crippen LogP contribution in [0.3, 0.4) is 0 Å². The minimum absolute atomic E-state index is 0.0152. The van der Waals surface area contributed by atoms with Crippen molar-refractivity contribution in [2.75, 3.05) is 7.05 Å². The normalized spacial score (nSPS) is 34.7. The molecular formula is C40H54N9+. The Hall–Kier alpha value is -4.15. The Labute approximate surface area is 292 Å². The number of fused-ring (bicyclic) bond motifs is 4. The molecule has 0 amide bonds. The lowest BCUT2D eigenvalue weighted by molar-refractivity contribution is -0.997. The first-order valence-corrected chi connectivity index (χ1v) is 17.5. The molecule has 4 aliphatic carbocycles. The number of hydrogen-bond donors (Lipinski definition) is 3. The Bertz CT molecular complexity index is 1730. The van der Waals surface area contributed by atoms with Crippen molar-refractivity contribution >= 4 is 28.7 Å². The smallest absolute Gasteiger partial charge is 0.198 e. The van der Waals surface area contributed by atoms with Gasteiger partial charge in [0, 0.05) is 81.4 Å². The minimum Gasteiger partial charge on any atom is -0.290 e. The molecule has 0 fully saturated rings. The second-order valence-electron chi connectivity index (χ2n) is 13.7. The number of aliphatic imine (C=N–C) groups is 4. The molecule has 7 atom stereocenters. The number of quaternary nitrogens is 1. The predicted molar refractivity (Wildman–Crippen MR) is 207 cm³/mol. The van der Waals surface area contributed by atoms with Crippen molar-refractivity contribution in [2.24, 2.45) is 72.3 Å². The maximum atomic E-state index is 6.34. The monoisotopic (exact) mass is 660 g/mol. The van der Waals surface area contributed by atoms with Crippen LogP contribution < -0.4 is 17.1 Å². The molecule has 258 valence electrons. The van der Waals surface area contributed by atoms with Crippen molar-refractivity contribution in [3.63, 3.8) is 0 Å². The molecule has 0 saturated heterocycles. The quantitative estimate of drug-likeness (QED) is 0.165. The van der Waals surface area contributed by atoms with E-state index in [1.807, 2.05) is 6.08 Å². The molecule has 0 radical (unpaired) electrons. The summed E-state index contributed by atoms with van der Waals surface area (Å²) in [5, 5.41) is 4.77. The molecule has 5 aliphatic rings. The van der Waals surface area contributed by atoms with Crippen molar-refractivity contribution in [1.29, 1.82) is 0 Å². The third-order valence-corrected chi connectivity index (χ3v) is 10.2. The van der Waals surface area contributed by atoms with Crippen LogP contribution in [-0.4, -0.2) is 46.7 Å². The molecule has 0 aromatic rings. The molecule has 0 spiro atoms. The maximum Gasteiger partial charge on any atom is 0.198 e. The zero-order chi connectivity index (χ0) is 35.3. The first kappa shape index (κ1) is 36.1. The van der Waals surface area contributed by atoms with Gasteiger partial charge in [-0.1, -0.05) is 85.1 Å². The van der Waals surface area contributed by atoms with Gasteiger partial charge in [-0.05, 0) is 72.0 Å². The van der Waals surface area contributed by atoms with Crippen LogP contribution in [0.5, 0.6) is 0 Å². The van der Waals surface area contributed by atoms with E-state index in [1.54, 1.807) is 7.05 Å². The first-order chi connectivity index (χ1) is 23.4. The molecule has 5 rings (SSSR count). The summed E-state index contributed by atoms with van der Waals surface area (Å²) >= 11 is 0. The summed E-state index contributed by atoms with van der Waals surface area (Å²) in [4.78, 5) is 20.4. The number of allylic oxidation sites excluding steroid dienone is 16. The number of hydrogen-bond acceptors (Lipinski definition) is 7. The fourth-order valence-electron chi connectivity index (χ4n) is 7.48. The summed E-state index contributed by atoms with van der Waals surface area (Å²) in [5.74, 6) is 13.2. The largest absolute Gasteiger partial charge is 0.290 e. The van der Waals surface area contributed by atoms with Crippen LogP contribution in [0.4, 0.5) is 0 Å². The summed E-state index contributed by atoms with van der Waals surface area (Å²) in [5.41, 5.74) is 11.3. The summed E-state index contributed by atoms with van der Waals surface area (Å²) < 4.78 is 0. The second kappa shape index (κ2) is 15.6. The Morgan fingerprint density at radius 1 is 0.673 bits per heavy atom. The van der Waals surface area contributed by atoms with E-state index in [-0.39, 0.29) is 41.5 Å². The molecule has 7 unspecified atom stereocenters. The highest BCUT2D eigenvalue weighted by Gasteiger charge is 2.33. The molecule has 0 saturated carbocycles. The lowest BCUT2D eigenvalue weighted by Crippen LogP contribution is -2.64. The van der Waals surface area contributed by atoms with E-state index < -0.39 is 4.92 Å². The number of nitrogens with one attached hydrogen (secondary N) is 1. The van der Waals surface area contributed by atoms with Crippen molar-refractivity contribution in [3.8, 4) is 0 Å². The van der Waals surface area contributed by atoms with Crippen LogP contribution in [0, 0.1) is 35.5 Å². The zero-order valence-corrected chi connectivity index (χ0v) is 30.4. The van der Waals surface area contributed by atoms with Crippen LogP contribution >= 0.6 is 0 Å². The van der Waals surface area contributed by atoms with Crippen molar-refractivity contribution in [2.45, 2.75) is 67.3 Å². The molecule has 5 N–H and O–H groups in total. The van der Waals surface area contributed by atoms with E-state index >= 15 is 0 Å². The van der Waals surface area contributed by atoms with Crippen LogP contribution in [0.25, 0.3) is 0 Å². The predicted octanol–water partition coefficient (Wildman–Crippen LogP) is 7.22. The summed E-state index contributed by atoms with van der Waals surface area (Å²) in [7, 11) is 1.67. The van der Waals surface area contributed by atoms with E-state index in [0.717, 1.165) is 52.7 Å². The Morgan fingerprint density at radius 3 is 1.84 bits per heavy atom.